The third-order valence-corrected chi connectivity index (χ3v) is 3.16. The summed E-state index contributed by atoms with van der Waals surface area (Å²) in [6.45, 7) is 3.97. The maximum Gasteiger partial charge on any atom is 0.159 e. The molecule has 100 valence electrons. The minimum Gasteiger partial charge on any atom is -0.374 e. The Morgan fingerprint density at radius 2 is 1.84 bits per heavy atom. The smallest absolute Gasteiger partial charge is 0.159 e. The molecule has 2 rings (SSSR count). The van der Waals surface area contributed by atoms with Crippen LogP contribution >= 0.6 is 0 Å². The zero-order valence-corrected chi connectivity index (χ0v) is 11.8. The second-order valence-corrected chi connectivity index (χ2v) is 4.40. The van der Waals surface area contributed by atoms with Crippen molar-refractivity contribution in [3.63, 3.8) is 0 Å². The fourth-order valence-electron chi connectivity index (χ4n) is 1.94. The molecular formula is C15H19N3O. The number of anilines is 1. The summed E-state index contributed by atoms with van der Waals surface area (Å²) in [6.07, 6.45) is -0.129. The zero-order chi connectivity index (χ0) is 13.8. The highest BCUT2D eigenvalue weighted by molar-refractivity contribution is 5.68. The van der Waals surface area contributed by atoms with E-state index in [1.165, 1.54) is 0 Å². The molecule has 1 heterocycles. The summed E-state index contributed by atoms with van der Waals surface area (Å²) in [4.78, 5) is 9.15. The third kappa shape index (κ3) is 2.74. The van der Waals surface area contributed by atoms with Gasteiger partial charge in [-0.3, -0.25) is 0 Å². The van der Waals surface area contributed by atoms with Crippen LogP contribution in [0.1, 0.15) is 24.4 Å². The molecule has 1 unspecified atom stereocenters. The first-order valence-corrected chi connectivity index (χ1v) is 6.32. The van der Waals surface area contributed by atoms with Crippen LogP contribution in [0.5, 0.6) is 0 Å². The van der Waals surface area contributed by atoms with Gasteiger partial charge < -0.3 is 10.1 Å². The van der Waals surface area contributed by atoms with Crippen LogP contribution in [0, 0.1) is 6.92 Å². The van der Waals surface area contributed by atoms with Crippen LogP contribution in [-0.2, 0) is 4.74 Å². The number of benzene rings is 1. The zero-order valence-electron chi connectivity index (χ0n) is 11.8. The monoisotopic (exact) mass is 257 g/mol. The summed E-state index contributed by atoms with van der Waals surface area (Å²) in [7, 11) is 3.53. The van der Waals surface area contributed by atoms with Crippen LogP contribution in [0.4, 0.5) is 5.82 Å². The molecule has 1 aromatic carbocycles. The number of nitrogens with zero attached hydrogens (tertiary/aromatic N) is 2. The van der Waals surface area contributed by atoms with Gasteiger partial charge in [0.05, 0.1) is 5.69 Å². The molecule has 0 aliphatic rings. The lowest BCUT2D eigenvalue weighted by molar-refractivity contribution is 0.112. The lowest BCUT2D eigenvalue weighted by Crippen LogP contribution is -2.09. The summed E-state index contributed by atoms with van der Waals surface area (Å²) >= 11 is 0. The SMILES string of the molecule is CNc1nc(C(C)OC)nc(-c2ccccc2)c1C. The standard InChI is InChI=1S/C15H19N3O/c1-10-13(12-8-6-5-7-9-12)17-15(11(2)19-4)18-14(10)16-3/h5-9,11H,1-4H3,(H,16,17,18). The topological polar surface area (TPSA) is 47.0 Å². The predicted octanol–water partition coefficient (Wildman–Crippen LogP) is 3.20. The fourth-order valence-corrected chi connectivity index (χ4v) is 1.94. The first kappa shape index (κ1) is 13.5. The van der Waals surface area contributed by atoms with Crippen LogP contribution < -0.4 is 5.32 Å². The van der Waals surface area contributed by atoms with Gasteiger partial charge in [-0.1, -0.05) is 30.3 Å². The molecule has 0 amide bonds. The summed E-state index contributed by atoms with van der Waals surface area (Å²) in [6, 6.07) is 10.1. The van der Waals surface area contributed by atoms with Crippen molar-refractivity contribution in [1.29, 1.82) is 0 Å². The predicted molar refractivity (Wildman–Crippen MR) is 77.2 cm³/mol. The van der Waals surface area contributed by atoms with E-state index in [9.17, 15) is 0 Å². The number of methoxy groups -OCH3 is 1. The highest BCUT2D eigenvalue weighted by Crippen LogP contribution is 2.27. The minimum absolute atomic E-state index is 0.129. The maximum atomic E-state index is 5.31. The molecular weight excluding hydrogens is 238 g/mol. The van der Waals surface area contributed by atoms with Gasteiger partial charge in [0.15, 0.2) is 5.82 Å². The van der Waals surface area contributed by atoms with Crippen molar-refractivity contribution in [2.75, 3.05) is 19.5 Å². The van der Waals surface area contributed by atoms with Gasteiger partial charge in [-0.05, 0) is 13.8 Å². The second-order valence-electron chi connectivity index (χ2n) is 4.40. The van der Waals surface area contributed by atoms with E-state index in [0.717, 1.165) is 22.6 Å². The molecule has 0 radical (unpaired) electrons. The van der Waals surface area contributed by atoms with Crippen molar-refractivity contribution in [3.05, 3.63) is 41.7 Å². The highest BCUT2D eigenvalue weighted by Gasteiger charge is 2.15. The molecule has 0 saturated carbocycles. The molecule has 4 heteroatoms. The summed E-state index contributed by atoms with van der Waals surface area (Å²) in [5.41, 5.74) is 3.07. The second kappa shape index (κ2) is 5.80. The fraction of sp³-hybridized carbons (Fsp3) is 0.333. The Hall–Kier alpha value is -1.94. The van der Waals surface area contributed by atoms with E-state index in [1.54, 1.807) is 7.11 Å². The molecule has 0 saturated heterocycles. The lowest BCUT2D eigenvalue weighted by Gasteiger charge is -2.15. The molecule has 4 nitrogen and oxygen atoms in total. The van der Waals surface area contributed by atoms with Crippen molar-refractivity contribution in [2.24, 2.45) is 0 Å². The number of hydrogen-bond acceptors (Lipinski definition) is 4. The number of hydrogen-bond donors (Lipinski definition) is 1. The first-order chi connectivity index (χ1) is 9.17. The Morgan fingerprint density at radius 3 is 2.42 bits per heavy atom. The van der Waals surface area contributed by atoms with E-state index >= 15 is 0 Å². The maximum absolute atomic E-state index is 5.31. The molecule has 1 N–H and O–H groups in total. The molecule has 19 heavy (non-hydrogen) atoms. The van der Waals surface area contributed by atoms with Crippen molar-refractivity contribution < 1.29 is 4.74 Å². The van der Waals surface area contributed by atoms with Crippen molar-refractivity contribution in [1.82, 2.24) is 9.97 Å². The van der Waals surface area contributed by atoms with Gasteiger partial charge >= 0.3 is 0 Å². The quantitative estimate of drug-likeness (QED) is 0.913. The van der Waals surface area contributed by atoms with Crippen LogP contribution in [0.15, 0.2) is 30.3 Å². The van der Waals surface area contributed by atoms with Gasteiger partial charge in [0.25, 0.3) is 0 Å². The van der Waals surface area contributed by atoms with Gasteiger partial charge in [-0.25, -0.2) is 9.97 Å². The van der Waals surface area contributed by atoms with Crippen LogP contribution in [0.25, 0.3) is 11.3 Å². The number of nitrogens with one attached hydrogen (secondary N) is 1. The van der Waals surface area contributed by atoms with Crippen LogP contribution in [0.2, 0.25) is 0 Å². The van der Waals surface area contributed by atoms with Gasteiger partial charge in [-0.15, -0.1) is 0 Å². The van der Waals surface area contributed by atoms with Gasteiger partial charge in [0.1, 0.15) is 11.9 Å². The molecule has 0 aliphatic heterocycles. The van der Waals surface area contributed by atoms with E-state index in [0.29, 0.717) is 5.82 Å². The summed E-state index contributed by atoms with van der Waals surface area (Å²) in [5, 5.41) is 3.12. The Bertz CT molecular complexity index is 555. The van der Waals surface area contributed by atoms with E-state index < -0.39 is 0 Å². The molecule has 1 aromatic heterocycles. The molecule has 0 bridgehead atoms. The van der Waals surface area contributed by atoms with Crippen LogP contribution in [-0.4, -0.2) is 24.1 Å². The number of aromatic nitrogens is 2. The Morgan fingerprint density at radius 1 is 1.16 bits per heavy atom. The Kier molecular flexibility index (Phi) is 4.12. The molecule has 2 aromatic rings. The summed E-state index contributed by atoms with van der Waals surface area (Å²) < 4.78 is 5.31. The normalized spacial score (nSPS) is 12.2. The van der Waals surface area contributed by atoms with E-state index in [4.69, 9.17) is 4.74 Å². The van der Waals surface area contributed by atoms with Gasteiger partial charge in [-0.2, -0.15) is 0 Å². The Labute approximate surface area is 113 Å². The van der Waals surface area contributed by atoms with Crippen molar-refractivity contribution in [2.45, 2.75) is 20.0 Å². The number of ether oxygens (including phenoxy) is 1. The third-order valence-electron chi connectivity index (χ3n) is 3.16. The molecule has 0 fully saturated rings. The van der Waals surface area contributed by atoms with E-state index in [2.05, 4.69) is 27.4 Å². The molecule has 1 atom stereocenters. The van der Waals surface area contributed by atoms with Crippen molar-refractivity contribution >= 4 is 5.82 Å². The van der Waals surface area contributed by atoms with Gasteiger partial charge in [0, 0.05) is 25.3 Å². The molecule has 0 aliphatic carbocycles. The van der Waals surface area contributed by atoms with Crippen LogP contribution in [0.3, 0.4) is 0 Å². The van der Waals surface area contributed by atoms with E-state index in [-0.39, 0.29) is 6.10 Å². The average Bonchev–Trinajstić information content (AvgIpc) is 2.47. The first-order valence-electron chi connectivity index (χ1n) is 6.32. The summed E-state index contributed by atoms with van der Waals surface area (Å²) in [5.74, 6) is 1.53. The minimum atomic E-state index is -0.129. The molecule has 0 spiro atoms. The Balaban J connectivity index is 2.59. The number of rotatable bonds is 4. The van der Waals surface area contributed by atoms with Gasteiger partial charge in [0.2, 0.25) is 0 Å². The van der Waals surface area contributed by atoms with Crippen molar-refractivity contribution in [3.8, 4) is 11.3 Å². The van der Waals surface area contributed by atoms with E-state index in [1.807, 2.05) is 39.1 Å². The lowest BCUT2D eigenvalue weighted by atomic mass is 10.1. The highest BCUT2D eigenvalue weighted by atomic mass is 16.5. The average molecular weight is 257 g/mol. The largest absolute Gasteiger partial charge is 0.374 e.